The predicted octanol–water partition coefficient (Wildman–Crippen LogP) is 3.89. The molecule has 0 radical (unpaired) electrons. The van der Waals surface area contributed by atoms with E-state index in [1.165, 1.54) is 25.6 Å². The van der Waals surface area contributed by atoms with Gasteiger partial charge in [-0.25, -0.2) is 4.90 Å². The van der Waals surface area contributed by atoms with E-state index in [9.17, 15) is 9.59 Å². The third-order valence-corrected chi connectivity index (χ3v) is 6.01. The summed E-state index contributed by atoms with van der Waals surface area (Å²) in [5.74, 6) is 1.22. The van der Waals surface area contributed by atoms with Crippen LogP contribution in [0.1, 0.15) is 4.88 Å². The zero-order chi connectivity index (χ0) is 22.2. The number of fused-ring (bicyclic) bond motifs is 1. The van der Waals surface area contributed by atoms with Crippen molar-refractivity contribution in [1.82, 2.24) is 0 Å². The first-order valence-corrected chi connectivity index (χ1v) is 10.5. The average Bonchev–Trinajstić information content (AvgIpc) is 3.54. The van der Waals surface area contributed by atoms with Crippen LogP contribution in [0.5, 0.6) is 23.0 Å². The van der Waals surface area contributed by atoms with Crippen molar-refractivity contribution in [2.75, 3.05) is 31.2 Å². The predicted molar refractivity (Wildman–Crippen MR) is 119 cm³/mol. The quantitative estimate of drug-likeness (QED) is 0.570. The molecule has 9 heteroatoms. The van der Waals surface area contributed by atoms with E-state index in [-0.39, 0.29) is 12.5 Å². The third kappa shape index (κ3) is 3.23. The van der Waals surface area contributed by atoms with Gasteiger partial charge in [0.2, 0.25) is 6.79 Å². The van der Waals surface area contributed by atoms with E-state index in [1.54, 1.807) is 36.4 Å². The second-order valence-electron chi connectivity index (χ2n) is 6.91. The molecule has 0 unspecified atom stereocenters. The molecule has 2 aliphatic rings. The van der Waals surface area contributed by atoms with Gasteiger partial charge in [0, 0.05) is 22.7 Å². The largest absolute Gasteiger partial charge is 0.493 e. The van der Waals surface area contributed by atoms with Crippen molar-refractivity contribution in [3.8, 4) is 23.0 Å². The number of nitrogens with zero attached hydrogens (tertiary/aromatic N) is 1. The summed E-state index contributed by atoms with van der Waals surface area (Å²) in [5, 5.41) is 4.98. The highest BCUT2D eigenvalue weighted by Crippen LogP contribution is 2.40. The lowest BCUT2D eigenvalue weighted by Gasteiger charge is -2.17. The molecule has 8 nitrogen and oxygen atoms in total. The number of hydrogen-bond acceptors (Lipinski definition) is 8. The molecule has 32 heavy (non-hydrogen) atoms. The molecule has 0 bridgehead atoms. The summed E-state index contributed by atoms with van der Waals surface area (Å²) in [6.07, 6.45) is 0. The number of benzene rings is 2. The number of thiophene rings is 1. The molecule has 3 heterocycles. The van der Waals surface area contributed by atoms with Gasteiger partial charge in [-0.05, 0) is 35.7 Å². The second-order valence-corrected chi connectivity index (χ2v) is 7.85. The smallest absolute Gasteiger partial charge is 0.282 e. The highest BCUT2D eigenvalue weighted by Gasteiger charge is 2.41. The fourth-order valence-electron chi connectivity index (χ4n) is 3.61. The summed E-state index contributed by atoms with van der Waals surface area (Å²) in [6, 6.07) is 13.8. The maximum absolute atomic E-state index is 13.5. The first-order valence-electron chi connectivity index (χ1n) is 9.66. The van der Waals surface area contributed by atoms with Crippen molar-refractivity contribution < 1.29 is 28.5 Å². The molecule has 3 aromatic rings. The zero-order valence-corrected chi connectivity index (χ0v) is 18.0. The molecule has 2 aromatic carbocycles. The molecule has 0 spiro atoms. The monoisotopic (exact) mass is 450 g/mol. The molecular formula is C23H18N2O6S. The van der Waals surface area contributed by atoms with Gasteiger partial charge in [0.25, 0.3) is 11.8 Å². The van der Waals surface area contributed by atoms with Gasteiger partial charge in [-0.3, -0.25) is 9.59 Å². The lowest BCUT2D eigenvalue weighted by molar-refractivity contribution is -0.120. The van der Waals surface area contributed by atoms with Crippen LogP contribution in [-0.4, -0.2) is 32.8 Å². The van der Waals surface area contributed by atoms with Crippen molar-refractivity contribution >= 4 is 40.1 Å². The molecule has 2 amide bonds. The van der Waals surface area contributed by atoms with Crippen LogP contribution < -0.4 is 29.2 Å². The lowest BCUT2D eigenvalue weighted by atomic mass is 10.1. The number of ether oxygens (including phenoxy) is 4. The van der Waals surface area contributed by atoms with Gasteiger partial charge >= 0.3 is 0 Å². The van der Waals surface area contributed by atoms with Gasteiger partial charge in [0.05, 0.1) is 25.5 Å². The van der Waals surface area contributed by atoms with Crippen molar-refractivity contribution in [2.24, 2.45) is 0 Å². The Balaban J connectivity index is 1.56. The number of nitrogens with one attached hydrogen (secondary N) is 1. The maximum Gasteiger partial charge on any atom is 0.282 e. The Morgan fingerprint density at radius 3 is 2.50 bits per heavy atom. The molecule has 1 N–H and O–H groups in total. The molecule has 5 rings (SSSR count). The van der Waals surface area contributed by atoms with Crippen LogP contribution in [0.3, 0.4) is 0 Å². The van der Waals surface area contributed by atoms with Crippen LogP contribution in [0, 0.1) is 0 Å². The van der Waals surface area contributed by atoms with Gasteiger partial charge in [0.1, 0.15) is 5.70 Å². The number of carbonyl (C=O) groups excluding carboxylic acids is 2. The minimum Gasteiger partial charge on any atom is -0.493 e. The van der Waals surface area contributed by atoms with Crippen LogP contribution in [-0.2, 0) is 9.59 Å². The maximum atomic E-state index is 13.5. The molecule has 0 fully saturated rings. The number of methoxy groups -OCH3 is 2. The Hall–Kier alpha value is -3.98. The van der Waals surface area contributed by atoms with E-state index in [4.69, 9.17) is 18.9 Å². The second kappa shape index (κ2) is 7.93. The van der Waals surface area contributed by atoms with Crippen LogP contribution in [0.2, 0.25) is 0 Å². The van der Waals surface area contributed by atoms with Crippen LogP contribution >= 0.6 is 11.3 Å². The summed E-state index contributed by atoms with van der Waals surface area (Å²) in [5.41, 5.74) is 1.48. The minimum atomic E-state index is -0.469. The van der Waals surface area contributed by atoms with Gasteiger partial charge in [0.15, 0.2) is 23.0 Å². The normalized spacial score (nSPS) is 14.9. The average molecular weight is 450 g/mol. The van der Waals surface area contributed by atoms with Gasteiger partial charge < -0.3 is 24.3 Å². The van der Waals surface area contributed by atoms with E-state index < -0.39 is 11.8 Å². The fraction of sp³-hybridized carbons (Fsp3) is 0.130. The minimum absolute atomic E-state index is 0.145. The van der Waals surface area contributed by atoms with E-state index in [2.05, 4.69) is 5.32 Å². The number of imide groups is 1. The van der Waals surface area contributed by atoms with E-state index in [0.717, 1.165) is 4.90 Å². The first-order chi connectivity index (χ1) is 15.6. The molecule has 162 valence electrons. The molecule has 0 atom stereocenters. The number of amides is 2. The lowest BCUT2D eigenvalue weighted by Crippen LogP contribution is -2.32. The van der Waals surface area contributed by atoms with Crippen LogP contribution in [0.15, 0.2) is 59.6 Å². The fourth-order valence-corrected chi connectivity index (χ4v) is 4.38. The molecule has 2 aliphatic heterocycles. The van der Waals surface area contributed by atoms with E-state index in [1.807, 2.05) is 17.5 Å². The number of hydrogen-bond donors (Lipinski definition) is 1. The highest BCUT2D eigenvalue weighted by atomic mass is 32.1. The SMILES string of the molecule is COc1ccc(N2C(=O)C(Nc3ccc4c(c3)OCO4)=C(c3cccs3)C2=O)cc1OC. The van der Waals surface area contributed by atoms with Crippen molar-refractivity contribution in [2.45, 2.75) is 0 Å². The summed E-state index contributed by atoms with van der Waals surface area (Å²) >= 11 is 1.38. The van der Waals surface area contributed by atoms with Crippen molar-refractivity contribution in [3.63, 3.8) is 0 Å². The molecular weight excluding hydrogens is 432 g/mol. The zero-order valence-electron chi connectivity index (χ0n) is 17.2. The van der Waals surface area contributed by atoms with Gasteiger partial charge in [-0.2, -0.15) is 0 Å². The van der Waals surface area contributed by atoms with Gasteiger partial charge in [-0.1, -0.05) is 6.07 Å². The summed E-state index contributed by atoms with van der Waals surface area (Å²) in [6.45, 7) is 0.145. The number of rotatable bonds is 6. The Morgan fingerprint density at radius 1 is 0.938 bits per heavy atom. The van der Waals surface area contributed by atoms with Crippen molar-refractivity contribution in [1.29, 1.82) is 0 Å². The van der Waals surface area contributed by atoms with Crippen molar-refractivity contribution in [3.05, 3.63) is 64.5 Å². The Labute approximate surface area is 187 Å². The Morgan fingerprint density at radius 2 is 1.75 bits per heavy atom. The third-order valence-electron chi connectivity index (χ3n) is 5.12. The van der Waals surface area contributed by atoms with E-state index in [0.29, 0.717) is 44.8 Å². The summed E-state index contributed by atoms with van der Waals surface area (Å²) in [4.78, 5) is 28.8. The number of carbonyl (C=O) groups is 2. The van der Waals surface area contributed by atoms with E-state index >= 15 is 0 Å². The van der Waals surface area contributed by atoms with Crippen LogP contribution in [0.25, 0.3) is 5.57 Å². The summed E-state index contributed by atoms with van der Waals surface area (Å²) < 4.78 is 21.4. The topological polar surface area (TPSA) is 86.3 Å². The molecule has 0 aliphatic carbocycles. The standard InChI is InChI=1S/C23H18N2O6S/c1-28-15-8-6-14(11-17(15)29-2)25-22(26)20(19-4-3-9-32-19)21(23(25)27)24-13-5-7-16-18(10-13)31-12-30-16/h3-11,24H,12H2,1-2H3. The molecule has 1 aromatic heterocycles. The van der Waals surface area contributed by atoms with Gasteiger partial charge in [-0.15, -0.1) is 11.3 Å². The Kier molecular flexibility index (Phi) is 4.95. The summed E-state index contributed by atoms with van der Waals surface area (Å²) in [7, 11) is 3.02. The molecule has 0 saturated heterocycles. The highest BCUT2D eigenvalue weighted by molar-refractivity contribution is 7.11. The number of anilines is 2. The molecule has 0 saturated carbocycles. The van der Waals surface area contributed by atoms with Crippen LogP contribution in [0.4, 0.5) is 11.4 Å². The first kappa shape index (κ1) is 20.0. The Bertz CT molecular complexity index is 1250.